The van der Waals surface area contributed by atoms with Gasteiger partial charge in [-0.1, -0.05) is 18.2 Å². The molecule has 1 aromatic carbocycles. The van der Waals surface area contributed by atoms with Crippen molar-refractivity contribution in [2.45, 2.75) is 32.9 Å². The number of para-hydroxylation sites is 1. The minimum Gasteiger partial charge on any atom is -0.468 e. The lowest BCUT2D eigenvalue weighted by molar-refractivity contribution is 0.371. The van der Waals surface area contributed by atoms with Crippen molar-refractivity contribution in [1.82, 2.24) is 5.32 Å². The summed E-state index contributed by atoms with van der Waals surface area (Å²) >= 11 is 0. The molecule has 0 bridgehead atoms. The number of rotatable bonds is 4. The van der Waals surface area contributed by atoms with Gasteiger partial charge in [0, 0.05) is 5.39 Å². The molecule has 0 aliphatic rings. The fourth-order valence-electron chi connectivity index (χ4n) is 2.68. The fraction of sp³-hybridized carbons (Fsp3) is 0.294. The largest absolute Gasteiger partial charge is 0.468 e. The fourth-order valence-corrected chi connectivity index (χ4v) is 2.68. The maximum Gasteiger partial charge on any atom is 0.134 e. The molecule has 2 aromatic heterocycles. The van der Waals surface area contributed by atoms with Crippen LogP contribution >= 0.6 is 0 Å². The number of fused-ring (bicyclic) bond motifs is 1. The first kappa shape index (κ1) is 13.0. The average molecular weight is 269 g/mol. The summed E-state index contributed by atoms with van der Waals surface area (Å²) in [5.41, 5.74) is 2.14. The highest BCUT2D eigenvalue weighted by atomic mass is 16.3. The van der Waals surface area contributed by atoms with Crippen molar-refractivity contribution >= 4 is 11.0 Å². The second-order valence-electron chi connectivity index (χ2n) is 5.21. The summed E-state index contributed by atoms with van der Waals surface area (Å²) in [5, 5.41) is 4.70. The van der Waals surface area contributed by atoms with Crippen molar-refractivity contribution in [2.75, 3.05) is 0 Å². The number of hydrogen-bond donors (Lipinski definition) is 1. The van der Waals surface area contributed by atoms with E-state index in [9.17, 15) is 0 Å². The van der Waals surface area contributed by atoms with E-state index >= 15 is 0 Å². The third kappa shape index (κ3) is 2.25. The second-order valence-corrected chi connectivity index (χ2v) is 5.21. The topological polar surface area (TPSA) is 38.3 Å². The normalized spacial score (nSPS) is 14.6. The lowest BCUT2D eigenvalue weighted by Crippen LogP contribution is -2.22. The lowest BCUT2D eigenvalue weighted by Gasteiger charge is -2.17. The molecule has 20 heavy (non-hydrogen) atoms. The highest BCUT2D eigenvalue weighted by molar-refractivity contribution is 5.82. The van der Waals surface area contributed by atoms with Crippen LogP contribution in [-0.2, 0) is 0 Å². The Labute approximate surface area is 118 Å². The molecule has 3 nitrogen and oxygen atoms in total. The monoisotopic (exact) mass is 269 g/mol. The Kier molecular flexibility index (Phi) is 3.36. The highest BCUT2D eigenvalue weighted by Crippen LogP contribution is 2.30. The Bertz CT molecular complexity index is 697. The summed E-state index contributed by atoms with van der Waals surface area (Å²) in [6, 6.07) is 12.3. The van der Waals surface area contributed by atoms with Gasteiger partial charge in [-0.05, 0) is 44.5 Å². The summed E-state index contributed by atoms with van der Waals surface area (Å²) in [7, 11) is 0. The molecule has 0 aliphatic carbocycles. The third-order valence-electron chi connectivity index (χ3n) is 3.74. The third-order valence-corrected chi connectivity index (χ3v) is 3.74. The molecule has 0 radical (unpaired) electrons. The predicted molar refractivity (Wildman–Crippen MR) is 79.6 cm³/mol. The molecule has 0 spiro atoms. The van der Waals surface area contributed by atoms with Crippen LogP contribution in [0.1, 0.15) is 43.0 Å². The van der Waals surface area contributed by atoms with Crippen LogP contribution in [0.25, 0.3) is 11.0 Å². The van der Waals surface area contributed by atoms with Gasteiger partial charge < -0.3 is 8.83 Å². The van der Waals surface area contributed by atoms with Gasteiger partial charge in [0.1, 0.15) is 17.1 Å². The van der Waals surface area contributed by atoms with E-state index in [0.29, 0.717) is 0 Å². The zero-order valence-electron chi connectivity index (χ0n) is 12.0. The van der Waals surface area contributed by atoms with Crippen LogP contribution in [0.3, 0.4) is 0 Å². The minimum atomic E-state index is 0.127. The molecule has 104 valence electrons. The summed E-state index contributed by atoms with van der Waals surface area (Å²) in [5.74, 6) is 1.93. The molecule has 0 saturated carbocycles. The van der Waals surface area contributed by atoms with Gasteiger partial charge in [-0.15, -0.1) is 0 Å². The zero-order chi connectivity index (χ0) is 14.1. The molecule has 2 atom stereocenters. The molecule has 3 rings (SSSR count). The first-order chi connectivity index (χ1) is 9.66. The molecule has 0 saturated heterocycles. The van der Waals surface area contributed by atoms with Crippen LogP contribution in [0.5, 0.6) is 0 Å². The maximum absolute atomic E-state index is 5.99. The number of furan rings is 2. The van der Waals surface area contributed by atoms with E-state index in [2.05, 4.69) is 32.2 Å². The predicted octanol–water partition coefficient (Wildman–Crippen LogP) is 4.75. The number of aryl methyl sites for hydroxylation is 1. The Morgan fingerprint density at radius 3 is 2.50 bits per heavy atom. The number of hydrogen-bond acceptors (Lipinski definition) is 3. The van der Waals surface area contributed by atoms with Crippen LogP contribution in [0, 0.1) is 6.92 Å². The van der Waals surface area contributed by atoms with E-state index in [1.807, 2.05) is 30.3 Å². The number of nitrogens with one attached hydrogen (secondary N) is 1. The number of benzene rings is 1. The molecular weight excluding hydrogens is 250 g/mol. The van der Waals surface area contributed by atoms with Gasteiger partial charge in [-0.2, -0.15) is 0 Å². The zero-order valence-corrected chi connectivity index (χ0v) is 12.0. The van der Waals surface area contributed by atoms with E-state index < -0.39 is 0 Å². The average Bonchev–Trinajstić information content (AvgIpc) is 3.07. The van der Waals surface area contributed by atoms with Gasteiger partial charge >= 0.3 is 0 Å². The van der Waals surface area contributed by atoms with Crippen LogP contribution in [0.15, 0.2) is 51.5 Å². The van der Waals surface area contributed by atoms with E-state index in [4.69, 9.17) is 8.83 Å². The van der Waals surface area contributed by atoms with Gasteiger partial charge in [0.2, 0.25) is 0 Å². The van der Waals surface area contributed by atoms with Gasteiger partial charge in [0.25, 0.3) is 0 Å². The molecule has 0 fully saturated rings. The SMILES string of the molecule is Cc1c(C(C)N[C@@H](C)c2ccco2)oc2ccccc12. The highest BCUT2D eigenvalue weighted by Gasteiger charge is 2.19. The van der Waals surface area contributed by atoms with Crippen molar-refractivity contribution in [1.29, 1.82) is 0 Å². The van der Waals surface area contributed by atoms with Crippen LogP contribution in [-0.4, -0.2) is 0 Å². The van der Waals surface area contributed by atoms with Crippen molar-refractivity contribution in [3.63, 3.8) is 0 Å². The van der Waals surface area contributed by atoms with E-state index in [1.54, 1.807) is 6.26 Å². The lowest BCUT2D eigenvalue weighted by atomic mass is 10.1. The smallest absolute Gasteiger partial charge is 0.134 e. The van der Waals surface area contributed by atoms with Gasteiger partial charge in [0.15, 0.2) is 0 Å². The van der Waals surface area contributed by atoms with Gasteiger partial charge in [0.05, 0.1) is 18.3 Å². The van der Waals surface area contributed by atoms with Gasteiger partial charge in [-0.25, -0.2) is 0 Å². The van der Waals surface area contributed by atoms with E-state index in [1.165, 1.54) is 10.9 Å². The van der Waals surface area contributed by atoms with E-state index in [0.717, 1.165) is 17.1 Å². The quantitative estimate of drug-likeness (QED) is 0.743. The Morgan fingerprint density at radius 2 is 1.80 bits per heavy atom. The first-order valence-corrected chi connectivity index (χ1v) is 6.94. The minimum absolute atomic E-state index is 0.127. The molecule has 3 aromatic rings. The standard InChI is InChI=1S/C17H19NO2/c1-11-14-7-4-5-8-16(14)20-17(11)13(3)18-12(2)15-9-6-10-19-15/h4-10,12-13,18H,1-3H3/t12-,13?/m0/s1. The van der Waals surface area contributed by atoms with Crippen LogP contribution < -0.4 is 5.32 Å². The molecule has 2 heterocycles. The molecule has 1 unspecified atom stereocenters. The van der Waals surface area contributed by atoms with Gasteiger partial charge in [-0.3, -0.25) is 5.32 Å². The maximum atomic E-state index is 5.99. The van der Waals surface area contributed by atoms with Crippen molar-refractivity contribution in [2.24, 2.45) is 0 Å². The summed E-state index contributed by atoms with van der Waals surface area (Å²) in [6.07, 6.45) is 1.70. The van der Waals surface area contributed by atoms with Crippen LogP contribution in [0.2, 0.25) is 0 Å². The summed E-state index contributed by atoms with van der Waals surface area (Å²) < 4.78 is 11.4. The van der Waals surface area contributed by atoms with Crippen molar-refractivity contribution in [3.05, 3.63) is 59.7 Å². The van der Waals surface area contributed by atoms with E-state index in [-0.39, 0.29) is 12.1 Å². The Morgan fingerprint density at radius 1 is 1.00 bits per heavy atom. The Balaban J connectivity index is 1.85. The van der Waals surface area contributed by atoms with Crippen LogP contribution in [0.4, 0.5) is 0 Å². The molecular formula is C17H19NO2. The first-order valence-electron chi connectivity index (χ1n) is 6.94. The Hall–Kier alpha value is -2.00. The van der Waals surface area contributed by atoms with Crippen molar-refractivity contribution in [3.8, 4) is 0 Å². The molecule has 0 aliphatic heterocycles. The molecule has 1 N–H and O–H groups in total. The molecule has 0 amide bonds. The summed E-state index contributed by atoms with van der Waals surface area (Å²) in [6.45, 7) is 6.31. The second kappa shape index (κ2) is 5.17. The molecule has 3 heteroatoms. The van der Waals surface area contributed by atoms with Crippen molar-refractivity contribution < 1.29 is 8.83 Å². The summed E-state index contributed by atoms with van der Waals surface area (Å²) in [4.78, 5) is 0.